The van der Waals surface area contributed by atoms with Crippen LogP contribution in [0.4, 0.5) is 0 Å². The molecule has 0 saturated carbocycles. The normalized spacial score (nSPS) is 11.4. The number of hydrogen-bond donors (Lipinski definition) is 3. The summed E-state index contributed by atoms with van der Waals surface area (Å²) in [6, 6.07) is 9.24. The molecule has 2 rings (SSSR count). The van der Waals surface area contributed by atoms with Gasteiger partial charge in [0, 0.05) is 18.1 Å². The Hall–Kier alpha value is -2.14. The molecule has 0 amide bonds. The molecule has 1 heterocycles. The molecule has 0 radical (unpaired) electrons. The number of carbonyl (C=O) groups is 2. The second kappa shape index (κ2) is 6.56. The number of H-pyrrole nitrogens is 1. The second-order valence-electron chi connectivity index (χ2n) is 3.92. The molecule has 2 aromatic rings. The van der Waals surface area contributed by atoms with E-state index in [2.05, 4.69) is 23.2 Å². The van der Waals surface area contributed by atoms with Crippen LogP contribution in [0.25, 0.3) is 10.9 Å². The van der Waals surface area contributed by atoms with Crippen LogP contribution in [0.3, 0.4) is 0 Å². The van der Waals surface area contributed by atoms with Crippen LogP contribution in [0, 0.1) is 0 Å². The van der Waals surface area contributed by atoms with Gasteiger partial charge >= 0.3 is 5.97 Å². The zero-order valence-corrected chi connectivity index (χ0v) is 10.1. The number of rotatable bonds is 3. The average Bonchev–Trinajstić information content (AvgIpc) is 2.76. The summed E-state index contributed by atoms with van der Waals surface area (Å²) in [5.41, 5.74) is 6.20. The third-order valence-electron chi connectivity index (χ3n) is 2.29. The molecular weight excluding hydrogens is 232 g/mol. The fourth-order valence-corrected chi connectivity index (χ4v) is 1.39. The zero-order valence-electron chi connectivity index (χ0n) is 10.1. The smallest absolute Gasteiger partial charge is 0.320 e. The van der Waals surface area contributed by atoms with Crippen LogP contribution in [0.2, 0.25) is 0 Å². The molecule has 5 nitrogen and oxygen atoms in total. The fraction of sp³-hybridized carbons (Fsp3) is 0.231. The van der Waals surface area contributed by atoms with Crippen molar-refractivity contribution >= 4 is 22.7 Å². The van der Waals surface area contributed by atoms with Crippen molar-refractivity contribution in [3.63, 3.8) is 0 Å². The van der Waals surface area contributed by atoms with E-state index in [1.807, 2.05) is 18.3 Å². The average molecular weight is 248 g/mol. The van der Waals surface area contributed by atoms with Crippen molar-refractivity contribution < 1.29 is 14.7 Å². The topological polar surface area (TPSA) is 96.2 Å². The lowest BCUT2D eigenvalue weighted by molar-refractivity contribution is -0.140. The summed E-state index contributed by atoms with van der Waals surface area (Å²) >= 11 is 0. The Labute approximate surface area is 105 Å². The first-order chi connectivity index (χ1) is 8.50. The lowest BCUT2D eigenvalue weighted by atomic mass is 10.2. The number of Topliss-reactive ketones (excluding diaryl/α,β-unsaturated/α-hetero) is 1. The minimum atomic E-state index is -1.13. The van der Waals surface area contributed by atoms with Crippen molar-refractivity contribution in [3.8, 4) is 0 Å². The Morgan fingerprint density at radius 2 is 2.00 bits per heavy atom. The zero-order chi connectivity index (χ0) is 13.5. The molecule has 0 saturated heterocycles. The summed E-state index contributed by atoms with van der Waals surface area (Å²) in [5, 5.41) is 9.43. The van der Waals surface area contributed by atoms with Gasteiger partial charge in [-0.3, -0.25) is 9.59 Å². The molecule has 1 atom stereocenters. The first-order valence-electron chi connectivity index (χ1n) is 5.50. The molecule has 18 heavy (non-hydrogen) atoms. The predicted octanol–water partition coefficient (Wildman–Crippen LogP) is 1.55. The van der Waals surface area contributed by atoms with Gasteiger partial charge in [-0.25, -0.2) is 0 Å². The molecule has 96 valence electrons. The number of carboxylic acid groups (broad SMARTS) is 1. The molecule has 0 aliphatic heterocycles. The molecule has 0 fully saturated rings. The fourth-order valence-electron chi connectivity index (χ4n) is 1.39. The monoisotopic (exact) mass is 248 g/mol. The maximum atomic E-state index is 10.2. The molecule has 0 aliphatic carbocycles. The number of carbonyl (C=O) groups excluding carboxylic acids is 1. The summed E-state index contributed by atoms with van der Waals surface area (Å²) < 4.78 is 0. The highest BCUT2D eigenvalue weighted by Gasteiger charge is 2.12. The predicted molar refractivity (Wildman–Crippen MR) is 69.2 cm³/mol. The van der Waals surface area contributed by atoms with Gasteiger partial charge in [0.25, 0.3) is 0 Å². The summed E-state index contributed by atoms with van der Waals surface area (Å²) in [6.07, 6.45) is 1.86. The number of para-hydroxylation sites is 1. The largest absolute Gasteiger partial charge is 0.480 e. The van der Waals surface area contributed by atoms with Gasteiger partial charge in [-0.05, 0) is 24.4 Å². The Morgan fingerprint density at radius 3 is 2.50 bits per heavy atom. The van der Waals surface area contributed by atoms with Crippen LogP contribution in [-0.2, 0) is 9.59 Å². The van der Waals surface area contributed by atoms with Crippen LogP contribution in [0.15, 0.2) is 36.5 Å². The third-order valence-corrected chi connectivity index (χ3v) is 2.29. The van der Waals surface area contributed by atoms with Gasteiger partial charge in [-0.1, -0.05) is 18.2 Å². The van der Waals surface area contributed by atoms with Crippen molar-refractivity contribution in [1.82, 2.24) is 4.98 Å². The van der Waals surface area contributed by atoms with E-state index in [4.69, 9.17) is 10.8 Å². The van der Waals surface area contributed by atoms with E-state index in [9.17, 15) is 9.59 Å². The van der Waals surface area contributed by atoms with E-state index in [0.29, 0.717) is 0 Å². The molecule has 1 aromatic heterocycles. The van der Waals surface area contributed by atoms with Crippen molar-refractivity contribution in [2.24, 2.45) is 5.73 Å². The van der Waals surface area contributed by atoms with E-state index >= 15 is 0 Å². The maximum Gasteiger partial charge on any atom is 0.320 e. The number of aliphatic carboxylic acids is 1. The van der Waals surface area contributed by atoms with Gasteiger partial charge in [0.05, 0.1) is 0 Å². The van der Waals surface area contributed by atoms with Crippen molar-refractivity contribution in [2.75, 3.05) is 0 Å². The number of aromatic nitrogens is 1. The Balaban J connectivity index is 0.000000180. The van der Waals surface area contributed by atoms with Crippen molar-refractivity contribution in [1.29, 1.82) is 0 Å². The number of benzene rings is 1. The van der Waals surface area contributed by atoms with E-state index < -0.39 is 12.0 Å². The third kappa shape index (κ3) is 4.39. The SMILES string of the molecule is CC(=O)C[C@H](N)C(=O)O.c1ccc2[nH]ccc2c1. The van der Waals surface area contributed by atoms with Gasteiger partial charge in [-0.15, -0.1) is 0 Å². The first kappa shape index (κ1) is 13.9. The number of ketones is 1. The summed E-state index contributed by atoms with van der Waals surface area (Å²) in [6.45, 7) is 1.31. The molecular formula is C13H16N2O3. The Bertz CT molecular complexity index is 504. The minimum Gasteiger partial charge on any atom is -0.480 e. The van der Waals surface area contributed by atoms with Gasteiger partial charge < -0.3 is 15.8 Å². The number of hydrogen-bond acceptors (Lipinski definition) is 3. The molecule has 1 aromatic carbocycles. The summed E-state index contributed by atoms with van der Waals surface area (Å²) in [4.78, 5) is 23.3. The van der Waals surface area contributed by atoms with E-state index in [1.54, 1.807) is 0 Å². The van der Waals surface area contributed by atoms with E-state index in [1.165, 1.54) is 17.8 Å². The lowest BCUT2D eigenvalue weighted by Gasteiger charge is -2.00. The highest BCUT2D eigenvalue weighted by Crippen LogP contribution is 2.09. The van der Waals surface area contributed by atoms with Gasteiger partial charge in [0.2, 0.25) is 0 Å². The number of fused-ring (bicyclic) bond motifs is 1. The van der Waals surface area contributed by atoms with E-state index in [-0.39, 0.29) is 12.2 Å². The van der Waals surface area contributed by atoms with Crippen LogP contribution >= 0.6 is 0 Å². The molecule has 4 N–H and O–H groups in total. The molecule has 0 unspecified atom stereocenters. The summed E-state index contributed by atoms with van der Waals surface area (Å²) in [5.74, 6) is -1.34. The van der Waals surface area contributed by atoms with Gasteiger partial charge in [0.1, 0.15) is 11.8 Å². The molecule has 5 heteroatoms. The number of aromatic amines is 1. The Morgan fingerprint density at radius 1 is 1.33 bits per heavy atom. The van der Waals surface area contributed by atoms with Crippen LogP contribution in [0.1, 0.15) is 13.3 Å². The highest BCUT2D eigenvalue weighted by atomic mass is 16.4. The van der Waals surface area contributed by atoms with Gasteiger partial charge in [-0.2, -0.15) is 0 Å². The number of carboxylic acids is 1. The second-order valence-corrected chi connectivity index (χ2v) is 3.92. The molecule has 0 bridgehead atoms. The summed E-state index contributed by atoms with van der Waals surface area (Å²) in [7, 11) is 0. The maximum absolute atomic E-state index is 10.2. The number of nitrogens with two attached hydrogens (primary N) is 1. The lowest BCUT2D eigenvalue weighted by Crippen LogP contribution is -2.31. The van der Waals surface area contributed by atoms with Crippen molar-refractivity contribution in [3.05, 3.63) is 36.5 Å². The van der Waals surface area contributed by atoms with Crippen molar-refractivity contribution in [2.45, 2.75) is 19.4 Å². The molecule has 0 aliphatic rings. The van der Waals surface area contributed by atoms with E-state index in [0.717, 1.165) is 0 Å². The molecule has 0 spiro atoms. The first-order valence-corrected chi connectivity index (χ1v) is 5.50. The van der Waals surface area contributed by atoms with Crippen LogP contribution in [-0.4, -0.2) is 27.9 Å². The minimum absolute atomic E-state index is 0.0880. The van der Waals surface area contributed by atoms with Crippen LogP contribution < -0.4 is 5.73 Å². The quantitative estimate of drug-likeness (QED) is 0.767. The highest BCUT2D eigenvalue weighted by molar-refractivity contribution is 5.83. The Kier molecular flexibility index (Phi) is 5.07. The van der Waals surface area contributed by atoms with Gasteiger partial charge in [0.15, 0.2) is 0 Å². The number of nitrogens with one attached hydrogen (secondary N) is 1. The standard InChI is InChI=1S/C8H7N.C5H9NO3/c1-2-4-8-7(3-1)5-6-9-8;1-3(7)2-4(6)5(8)9/h1-6,9H;4H,2,6H2,1H3,(H,8,9)/t;4-/m.0/s1. The van der Waals surface area contributed by atoms with Crippen LogP contribution in [0.5, 0.6) is 0 Å².